The second kappa shape index (κ2) is 6.96. The number of nitrogens with one attached hydrogen (secondary N) is 1. The maximum atomic E-state index is 11.7. The normalized spacial score (nSPS) is 32.0. The predicted octanol–water partition coefficient (Wildman–Crippen LogP) is 3.91. The number of carbonyl (C=O) groups is 1. The van der Waals surface area contributed by atoms with E-state index in [1.54, 1.807) is 0 Å². The van der Waals surface area contributed by atoms with Crippen molar-refractivity contribution in [3.8, 4) is 0 Å². The van der Waals surface area contributed by atoms with Crippen LogP contribution in [0.4, 0.5) is 4.79 Å². The molecule has 1 aliphatic heterocycles. The van der Waals surface area contributed by atoms with Crippen molar-refractivity contribution in [2.75, 3.05) is 7.11 Å². The third kappa shape index (κ3) is 4.47. The molecule has 0 aromatic rings. The van der Waals surface area contributed by atoms with E-state index in [-0.39, 0.29) is 29.4 Å². The van der Waals surface area contributed by atoms with Crippen LogP contribution in [0.15, 0.2) is 10.6 Å². The fourth-order valence-electron chi connectivity index (χ4n) is 2.78. The van der Waals surface area contributed by atoms with Crippen LogP contribution in [0.5, 0.6) is 0 Å². The van der Waals surface area contributed by atoms with Gasteiger partial charge in [0.15, 0.2) is 14.1 Å². The molecule has 1 heterocycles. The third-order valence-electron chi connectivity index (χ3n) is 5.12. The molecule has 8 heteroatoms. The van der Waals surface area contributed by atoms with Gasteiger partial charge in [-0.1, -0.05) is 36.7 Å². The fraction of sp³-hybridized carbons (Fsp3) is 0.824. The Labute approximate surface area is 159 Å². The maximum Gasteiger partial charge on any atom is 0.407 e. The van der Waals surface area contributed by atoms with E-state index in [1.165, 1.54) is 7.11 Å². The van der Waals surface area contributed by atoms with Crippen molar-refractivity contribution < 1.29 is 23.4 Å². The summed E-state index contributed by atoms with van der Waals surface area (Å²) in [6.07, 6.45) is 0.497. The largest absolute Gasteiger partial charge is 0.453 e. The molecule has 0 spiro atoms. The minimum atomic E-state index is -2.02. The van der Waals surface area contributed by atoms with Gasteiger partial charge in [-0.15, -0.1) is 0 Å². The van der Waals surface area contributed by atoms with Crippen molar-refractivity contribution in [2.24, 2.45) is 0 Å². The molecule has 0 radical (unpaired) electrons. The lowest BCUT2D eigenvalue weighted by atomic mass is 9.94. The van der Waals surface area contributed by atoms with Crippen LogP contribution in [0, 0.1) is 0 Å². The number of hydrogen-bond donors (Lipinski definition) is 1. The van der Waals surface area contributed by atoms with Crippen LogP contribution in [-0.4, -0.2) is 51.7 Å². The minimum absolute atomic E-state index is 0.0753. The molecule has 2 aliphatic rings. The van der Waals surface area contributed by atoms with Gasteiger partial charge in [-0.3, -0.25) is 0 Å². The molecule has 0 aromatic heterocycles. The number of halogens is 1. The first-order chi connectivity index (χ1) is 11.3. The Morgan fingerprint density at radius 3 is 2.36 bits per heavy atom. The predicted molar refractivity (Wildman–Crippen MR) is 102 cm³/mol. The molecule has 1 fully saturated rings. The van der Waals surface area contributed by atoms with Crippen molar-refractivity contribution in [3.05, 3.63) is 10.6 Å². The van der Waals surface area contributed by atoms with Crippen molar-refractivity contribution in [2.45, 2.75) is 82.9 Å². The Kier molecular flexibility index (Phi) is 5.81. The van der Waals surface area contributed by atoms with Crippen LogP contribution in [0.1, 0.15) is 34.6 Å². The zero-order chi connectivity index (χ0) is 19.2. The Balaban J connectivity index is 2.32. The monoisotopic (exact) mass is 435 g/mol. The quantitative estimate of drug-likeness (QED) is 0.680. The molecular formula is C17H30BrNO5Si. The van der Waals surface area contributed by atoms with Gasteiger partial charge in [0, 0.05) is 4.48 Å². The highest BCUT2D eigenvalue weighted by atomic mass is 79.9. The van der Waals surface area contributed by atoms with Crippen LogP contribution in [0.2, 0.25) is 18.1 Å². The van der Waals surface area contributed by atoms with Crippen LogP contribution in [0.25, 0.3) is 0 Å². The van der Waals surface area contributed by atoms with Gasteiger partial charge in [-0.05, 0) is 38.1 Å². The highest BCUT2D eigenvalue weighted by Gasteiger charge is 2.54. The average Bonchev–Trinajstić information content (AvgIpc) is 2.77. The molecule has 6 nitrogen and oxygen atoms in total. The van der Waals surface area contributed by atoms with Gasteiger partial charge in [-0.25, -0.2) is 4.79 Å². The number of fused-ring (bicyclic) bond motifs is 1. The lowest BCUT2D eigenvalue weighted by Gasteiger charge is -2.43. The molecule has 1 amide bonds. The number of rotatable bonds is 3. The number of alkyl carbamates (subject to hydrolysis) is 1. The molecule has 1 N–H and O–H groups in total. The third-order valence-corrected chi connectivity index (χ3v) is 10.3. The summed E-state index contributed by atoms with van der Waals surface area (Å²) in [6.45, 7) is 14.8. The van der Waals surface area contributed by atoms with E-state index >= 15 is 0 Å². The van der Waals surface area contributed by atoms with Crippen molar-refractivity contribution in [3.63, 3.8) is 0 Å². The van der Waals surface area contributed by atoms with E-state index in [9.17, 15) is 4.79 Å². The number of hydrogen-bond acceptors (Lipinski definition) is 5. The molecular weight excluding hydrogens is 406 g/mol. The summed E-state index contributed by atoms with van der Waals surface area (Å²) in [5.74, 6) is -0.744. The molecule has 25 heavy (non-hydrogen) atoms. The van der Waals surface area contributed by atoms with E-state index in [2.05, 4.69) is 55.1 Å². The highest BCUT2D eigenvalue weighted by Crippen LogP contribution is 2.44. The lowest BCUT2D eigenvalue weighted by molar-refractivity contribution is -0.152. The van der Waals surface area contributed by atoms with E-state index in [4.69, 9.17) is 18.6 Å². The summed E-state index contributed by atoms with van der Waals surface area (Å²) in [5, 5.41) is 2.88. The number of ether oxygens (including phenoxy) is 3. The van der Waals surface area contributed by atoms with Crippen LogP contribution < -0.4 is 5.32 Å². The van der Waals surface area contributed by atoms with Crippen molar-refractivity contribution in [1.82, 2.24) is 5.32 Å². The lowest BCUT2D eigenvalue weighted by Crippen LogP contribution is -2.56. The van der Waals surface area contributed by atoms with Gasteiger partial charge in [0.05, 0.1) is 13.2 Å². The summed E-state index contributed by atoms with van der Waals surface area (Å²) in [4.78, 5) is 11.7. The summed E-state index contributed by atoms with van der Waals surface area (Å²) in [5.41, 5.74) is 0. The Bertz CT molecular complexity index is 558. The molecule has 0 unspecified atom stereocenters. The summed E-state index contributed by atoms with van der Waals surface area (Å²) >= 11 is 3.63. The molecule has 2 rings (SSSR count). The van der Waals surface area contributed by atoms with Gasteiger partial charge < -0.3 is 24.0 Å². The molecule has 4 atom stereocenters. The SMILES string of the molecule is COC(=O)N[C@@H]1C=C(Br)[C@H](O[Si](C)(C)C(C)(C)C)[C@H]2OC(C)(C)O[C@H]21. The molecule has 0 aromatic carbocycles. The maximum absolute atomic E-state index is 11.7. The molecule has 0 saturated carbocycles. The second-order valence-corrected chi connectivity index (χ2v) is 14.2. The van der Waals surface area contributed by atoms with Gasteiger partial charge in [0.25, 0.3) is 0 Å². The fourth-order valence-corrected chi connectivity index (χ4v) is 4.84. The standard InChI is InChI=1S/C17H30BrNO5Si/c1-16(2,3)25(7,8)24-12-10(18)9-11(19-15(20)21-6)13-14(12)23-17(4,5)22-13/h9,11-14H,1-8H3,(H,19,20)/t11-,12+,13+,14-/m1/s1. The van der Waals surface area contributed by atoms with Crippen LogP contribution in [-0.2, 0) is 18.6 Å². The van der Waals surface area contributed by atoms with Crippen LogP contribution >= 0.6 is 15.9 Å². The summed E-state index contributed by atoms with van der Waals surface area (Å²) < 4.78 is 24.4. The van der Waals surface area contributed by atoms with E-state index in [1.807, 2.05) is 19.9 Å². The molecule has 0 bridgehead atoms. The van der Waals surface area contributed by atoms with Gasteiger partial charge in [0.2, 0.25) is 0 Å². The zero-order valence-electron chi connectivity index (χ0n) is 16.3. The highest BCUT2D eigenvalue weighted by molar-refractivity contribution is 9.11. The average molecular weight is 436 g/mol. The minimum Gasteiger partial charge on any atom is -0.453 e. The Morgan fingerprint density at radius 2 is 1.84 bits per heavy atom. The smallest absolute Gasteiger partial charge is 0.407 e. The second-order valence-electron chi connectivity index (χ2n) is 8.58. The first-order valence-corrected chi connectivity index (χ1v) is 12.2. The zero-order valence-corrected chi connectivity index (χ0v) is 18.9. The van der Waals surface area contributed by atoms with Gasteiger partial charge in [-0.2, -0.15) is 0 Å². The van der Waals surface area contributed by atoms with E-state index < -0.39 is 20.2 Å². The van der Waals surface area contributed by atoms with Crippen LogP contribution in [0.3, 0.4) is 0 Å². The Morgan fingerprint density at radius 1 is 1.28 bits per heavy atom. The summed E-state index contributed by atoms with van der Waals surface area (Å²) in [6, 6.07) is -0.354. The first-order valence-electron chi connectivity index (χ1n) is 8.52. The summed E-state index contributed by atoms with van der Waals surface area (Å²) in [7, 11) is -0.679. The topological polar surface area (TPSA) is 66.0 Å². The van der Waals surface area contributed by atoms with E-state index in [0.717, 1.165) is 4.48 Å². The van der Waals surface area contributed by atoms with Gasteiger partial charge >= 0.3 is 6.09 Å². The number of amides is 1. The first kappa shape index (κ1) is 20.9. The van der Waals surface area contributed by atoms with Crippen molar-refractivity contribution in [1.29, 1.82) is 0 Å². The number of carbonyl (C=O) groups excluding carboxylic acids is 1. The van der Waals surface area contributed by atoms with Crippen molar-refractivity contribution >= 4 is 30.3 Å². The van der Waals surface area contributed by atoms with E-state index in [0.29, 0.717) is 0 Å². The molecule has 1 saturated heterocycles. The molecule has 1 aliphatic carbocycles. The molecule has 144 valence electrons. The van der Waals surface area contributed by atoms with Gasteiger partial charge in [0.1, 0.15) is 18.3 Å². The Hall–Kier alpha value is -0.413. The number of methoxy groups -OCH3 is 1.